The number of nitrogens with zero attached hydrogens (tertiary/aromatic N) is 1. The van der Waals surface area contributed by atoms with Gasteiger partial charge in [-0.2, -0.15) is 0 Å². The van der Waals surface area contributed by atoms with Crippen molar-refractivity contribution in [3.05, 3.63) is 30.1 Å². The van der Waals surface area contributed by atoms with E-state index in [9.17, 15) is 13.5 Å². The summed E-state index contributed by atoms with van der Waals surface area (Å²) < 4.78 is 22.6. The van der Waals surface area contributed by atoms with Gasteiger partial charge in [0.15, 0.2) is 9.84 Å². The molecule has 2 unspecified atom stereocenters. The number of aromatic nitrogens is 1. The molecule has 4 nitrogen and oxygen atoms in total. The lowest BCUT2D eigenvalue weighted by atomic mass is 9.98. The summed E-state index contributed by atoms with van der Waals surface area (Å²) in [6, 6.07) is 5.59. The molecule has 0 amide bonds. The summed E-state index contributed by atoms with van der Waals surface area (Å²) in [5.74, 6) is 0.610. The van der Waals surface area contributed by atoms with E-state index in [1.807, 2.05) is 18.2 Å². The smallest absolute Gasteiger partial charge is 0.150 e. The number of rotatable bonds is 4. The Labute approximate surface area is 102 Å². The molecule has 5 heteroatoms. The highest BCUT2D eigenvalue weighted by atomic mass is 32.2. The Balaban J connectivity index is 1.84. The first kappa shape index (κ1) is 12.5. The molecule has 0 radical (unpaired) electrons. The molecule has 2 atom stereocenters. The van der Waals surface area contributed by atoms with E-state index in [-0.39, 0.29) is 17.4 Å². The predicted octanol–water partition coefficient (Wildman–Crippen LogP) is 0.810. The van der Waals surface area contributed by atoms with Gasteiger partial charge in [-0.1, -0.05) is 6.07 Å². The van der Waals surface area contributed by atoms with Crippen LogP contribution in [0.1, 0.15) is 18.5 Å². The predicted molar refractivity (Wildman–Crippen MR) is 65.3 cm³/mol. The molecule has 0 spiro atoms. The van der Waals surface area contributed by atoms with E-state index in [4.69, 9.17) is 0 Å². The first-order valence-electron chi connectivity index (χ1n) is 5.83. The van der Waals surface area contributed by atoms with E-state index >= 15 is 0 Å². The Bertz CT molecular complexity index is 458. The zero-order valence-corrected chi connectivity index (χ0v) is 10.4. The monoisotopic (exact) mass is 255 g/mol. The van der Waals surface area contributed by atoms with E-state index in [1.165, 1.54) is 0 Å². The molecular weight excluding hydrogens is 238 g/mol. The van der Waals surface area contributed by atoms with Crippen LogP contribution in [0.2, 0.25) is 0 Å². The molecule has 1 aromatic heterocycles. The van der Waals surface area contributed by atoms with E-state index < -0.39 is 15.9 Å². The van der Waals surface area contributed by atoms with Crippen LogP contribution in [0.15, 0.2) is 24.4 Å². The minimum atomic E-state index is -2.84. The van der Waals surface area contributed by atoms with Crippen molar-refractivity contribution in [2.75, 3.05) is 11.5 Å². The molecule has 94 valence electrons. The largest absolute Gasteiger partial charge is 0.393 e. The van der Waals surface area contributed by atoms with Gasteiger partial charge in [-0.25, -0.2) is 8.42 Å². The van der Waals surface area contributed by atoms with Crippen molar-refractivity contribution in [2.24, 2.45) is 5.92 Å². The number of sulfone groups is 1. The summed E-state index contributed by atoms with van der Waals surface area (Å²) >= 11 is 0. The molecule has 1 saturated heterocycles. The molecule has 2 rings (SSSR count). The molecule has 0 aliphatic carbocycles. The second-order valence-corrected chi connectivity index (χ2v) is 6.91. The Morgan fingerprint density at radius 1 is 1.47 bits per heavy atom. The zero-order valence-electron chi connectivity index (χ0n) is 9.62. The molecule has 1 aliphatic heterocycles. The Kier molecular flexibility index (Phi) is 3.79. The van der Waals surface area contributed by atoms with Crippen molar-refractivity contribution in [1.82, 2.24) is 4.98 Å². The van der Waals surface area contributed by atoms with Crippen molar-refractivity contribution in [1.29, 1.82) is 0 Å². The van der Waals surface area contributed by atoms with E-state index in [0.29, 0.717) is 19.3 Å². The Morgan fingerprint density at radius 2 is 2.29 bits per heavy atom. The molecule has 0 saturated carbocycles. The summed E-state index contributed by atoms with van der Waals surface area (Å²) in [7, 11) is -2.84. The third-order valence-corrected chi connectivity index (χ3v) is 4.94. The van der Waals surface area contributed by atoms with Crippen molar-refractivity contribution in [3.8, 4) is 0 Å². The van der Waals surface area contributed by atoms with Crippen LogP contribution >= 0.6 is 0 Å². The quantitative estimate of drug-likeness (QED) is 0.864. The number of hydrogen-bond donors (Lipinski definition) is 1. The molecule has 17 heavy (non-hydrogen) atoms. The normalized spacial score (nSPS) is 24.6. The van der Waals surface area contributed by atoms with Gasteiger partial charge in [-0.15, -0.1) is 0 Å². The fourth-order valence-electron chi connectivity index (χ4n) is 2.29. The summed E-state index contributed by atoms with van der Waals surface area (Å²) in [5, 5.41) is 9.90. The van der Waals surface area contributed by atoms with Gasteiger partial charge in [0.2, 0.25) is 0 Å². The average molecular weight is 255 g/mol. The van der Waals surface area contributed by atoms with Gasteiger partial charge in [-0.05, 0) is 30.9 Å². The highest BCUT2D eigenvalue weighted by molar-refractivity contribution is 7.91. The lowest BCUT2D eigenvalue weighted by Crippen LogP contribution is -2.17. The number of aliphatic hydroxyl groups excluding tert-OH is 1. The fourth-order valence-corrected chi connectivity index (χ4v) is 4.17. The second kappa shape index (κ2) is 5.14. The first-order chi connectivity index (χ1) is 8.05. The van der Waals surface area contributed by atoms with Gasteiger partial charge in [-0.3, -0.25) is 4.98 Å². The molecule has 1 aromatic rings. The van der Waals surface area contributed by atoms with Crippen molar-refractivity contribution in [2.45, 2.75) is 25.4 Å². The minimum Gasteiger partial charge on any atom is -0.393 e. The highest BCUT2D eigenvalue weighted by Gasteiger charge is 2.29. The minimum absolute atomic E-state index is 0.110. The van der Waals surface area contributed by atoms with Crippen LogP contribution in [0, 0.1) is 5.92 Å². The number of pyridine rings is 1. The van der Waals surface area contributed by atoms with Crippen molar-refractivity contribution in [3.63, 3.8) is 0 Å². The van der Waals surface area contributed by atoms with Crippen LogP contribution in [0.4, 0.5) is 0 Å². The SMILES string of the molecule is O=S1(=O)CCC(CC(O)Cc2ccccn2)C1. The Morgan fingerprint density at radius 3 is 2.88 bits per heavy atom. The van der Waals surface area contributed by atoms with Gasteiger partial charge in [0, 0.05) is 18.3 Å². The number of aliphatic hydroxyl groups is 1. The van der Waals surface area contributed by atoms with Gasteiger partial charge < -0.3 is 5.11 Å². The van der Waals surface area contributed by atoms with Crippen LogP contribution in [-0.4, -0.2) is 36.1 Å². The average Bonchev–Trinajstić information content (AvgIpc) is 2.59. The van der Waals surface area contributed by atoms with Crippen LogP contribution in [-0.2, 0) is 16.3 Å². The summed E-state index contributed by atoms with van der Waals surface area (Å²) in [6.07, 6.45) is 2.93. The van der Waals surface area contributed by atoms with Crippen LogP contribution in [0.25, 0.3) is 0 Å². The van der Waals surface area contributed by atoms with Gasteiger partial charge in [0.1, 0.15) is 0 Å². The van der Waals surface area contributed by atoms with Crippen LogP contribution < -0.4 is 0 Å². The third kappa shape index (κ3) is 3.78. The topological polar surface area (TPSA) is 67.3 Å². The molecule has 1 fully saturated rings. The summed E-state index contributed by atoms with van der Waals surface area (Å²) in [4.78, 5) is 4.14. The zero-order chi connectivity index (χ0) is 12.3. The highest BCUT2D eigenvalue weighted by Crippen LogP contribution is 2.23. The maximum atomic E-state index is 11.3. The molecular formula is C12H17NO3S. The van der Waals surface area contributed by atoms with Crippen molar-refractivity contribution < 1.29 is 13.5 Å². The van der Waals surface area contributed by atoms with Crippen LogP contribution in [0.3, 0.4) is 0 Å². The molecule has 0 aromatic carbocycles. The molecule has 1 N–H and O–H groups in total. The molecule has 0 bridgehead atoms. The second-order valence-electron chi connectivity index (χ2n) is 4.68. The lowest BCUT2D eigenvalue weighted by molar-refractivity contribution is 0.146. The van der Waals surface area contributed by atoms with E-state index in [0.717, 1.165) is 5.69 Å². The summed E-state index contributed by atoms with van der Waals surface area (Å²) in [6.45, 7) is 0. The van der Waals surface area contributed by atoms with E-state index in [2.05, 4.69) is 4.98 Å². The van der Waals surface area contributed by atoms with Crippen molar-refractivity contribution >= 4 is 9.84 Å². The Hall–Kier alpha value is -0.940. The third-order valence-electron chi connectivity index (χ3n) is 3.10. The fraction of sp³-hybridized carbons (Fsp3) is 0.583. The first-order valence-corrected chi connectivity index (χ1v) is 7.66. The standard InChI is InChI=1S/C12H17NO3S/c14-12(8-11-3-1-2-5-13-11)7-10-4-6-17(15,16)9-10/h1-3,5,10,12,14H,4,6-9H2. The van der Waals surface area contributed by atoms with Gasteiger partial charge >= 0.3 is 0 Å². The lowest BCUT2D eigenvalue weighted by Gasteiger charge is -2.13. The maximum Gasteiger partial charge on any atom is 0.150 e. The summed E-state index contributed by atoms with van der Waals surface area (Å²) in [5.41, 5.74) is 0.848. The van der Waals surface area contributed by atoms with Crippen LogP contribution in [0.5, 0.6) is 0 Å². The maximum absolute atomic E-state index is 11.3. The van der Waals surface area contributed by atoms with Gasteiger partial charge in [0.25, 0.3) is 0 Å². The number of hydrogen-bond acceptors (Lipinski definition) is 4. The van der Waals surface area contributed by atoms with E-state index in [1.54, 1.807) is 6.20 Å². The molecule has 1 aliphatic rings. The molecule has 2 heterocycles. The van der Waals surface area contributed by atoms with Gasteiger partial charge in [0.05, 0.1) is 17.6 Å².